The summed E-state index contributed by atoms with van der Waals surface area (Å²) in [5.74, 6) is 1.86. The molecule has 1 atom stereocenters. The fraction of sp³-hybridized carbons (Fsp3) is 0.556. The largest absolute Gasteiger partial charge is 0.0828 e. The van der Waals surface area contributed by atoms with Gasteiger partial charge in [-0.3, -0.25) is 0 Å². The van der Waals surface area contributed by atoms with Gasteiger partial charge in [-0.25, -0.2) is 0 Å². The maximum atomic E-state index is 3.50. The molecule has 1 saturated carbocycles. The molecule has 54 valence electrons. The first-order valence-corrected chi connectivity index (χ1v) is 4.69. The first kappa shape index (κ1) is 6.66. The second-order valence-corrected chi connectivity index (χ2v) is 4.11. The van der Waals surface area contributed by atoms with Gasteiger partial charge in [0.1, 0.15) is 0 Å². The molecule has 0 aliphatic heterocycles. The van der Waals surface area contributed by atoms with Crippen molar-refractivity contribution in [2.24, 2.45) is 11.8 Å². The van der Waals surface area contributed by atoms with Gasteiger partial charge in [0.25, 0.3) is 0 Å². The van der Waals surface area contributed by atoms with E-state index >= 15 is 0 Å². The minimum atomic E-state index is 0.847. The Kier molecular flexibility index (Phi) is 1.69. The molecule has 0 heterocycles. The standard InChI is InChI=1S/C9H11Br/c10-9-3-1-2-8(6-9)7-4-5-7/h1,3,6-8H,2,4-5H2. The van der Waals surface area contributed by atoms with Crippen LogP contribution in [0.2, 0.25) is 0 Å². The molecule has 1 heteroatoms. The van der Waals surface area contributed by atoms with Gasteiger partial charge < -0.3 is 0 Å². The molecule has 0 N–H and O–H groups in total. The summed E-state index contributed by atoms with van der Waals surface area (Å²) in [6.07, 6.45) is 11.0. The summed E-state index contributed by atoms with van der Waals surface area (Å²) < 4.78 is 1.27. The summed E-state index contributed by atoms with van der Waals surface area (Å²) in [5.41, 5.74) is 0. The third-order valence-corrected chi connectivity index (χ3v) is 2.81. The third-order valence-electron chi connectivity index (χ3n) is 2.29. The van der Waals surface area contributed by atoms with Crippen LogP contribution in [0.1, 0.15) is 19.3 Å². The van der Waals surface area contributed by atoms with E-state index in [-0.39, 0.29) is 0 Å². The van der Waals surface area contributed by atoms with Crippen molar-refractivity contribution in [3.63, 3.8) is 0 Å². The van der Waals surface area contributed by atoms with E-state index in [1.165, 1.54) is 23.7 Å². The average Bonchev–Trinajstić information content (AvgIpc) is 2.68. The van der Waals surface area contributed by atoms with Crippen LogP contribution in [0.5, 0.6) is 0 Å². The van der Waals surface area contributed by atoms with E-state index in [0.29, 0.717) is 0 Å². The molecule has 0 aromatic rings. The highest BCUT2D eigenvalue weighted by Crippen LogP contribution is 2.41. The second-order valence-electron chi connectivity index (χ2n) is 3.19. The van der Waals surface area contributed by atoms with Gasteiger partial charge in [0, 0.05) is 4.48 Å². The number of hydrogen-bond acceptors (Lipinski definition) is 0. The maximum absolute atomic E-state index is 3.50. The van der Waals surface area contributed by atoms with Crippen molar-refractivity contribution >= 4 is 15.9 Å². The highest BCUT2D eigenvalue weighted by molar-refractivity contribution is 9.11. The predicted molar refractivity (Wildman–Crippen MR) is 47.0 cm³/mol. The van der Waals surface area contributed by atoms with Crippen LogP contribution in [0, 0.1) is 11.8 Å². The normalized spacial score (nSPS) is 32.1. The lowest BCUT2D eigenvalue weighted by Crippen LogP contribution is -2.00. The van der Waals surface area contributed by atoms with Gasteiger partial charge in [-0.2, -0.15) is 0 Å². The first-order chi connectivity index (χ1) is 4.86. The van der Waals surface area contributed by atoms with Crippen molar-refractivity contribution < 1.29 is 0 Å². The third kappa shape index (κ3) is 1.34. The molecule has 10 heavy (non-hydrogen) atoms. The molecule has 2 aliphatic carbocycles. The quantitative estimate of drug-likeness (QED) is 0.608. The van der Waals surface area contributed by atoms with Crippen LogP contribution in [0.3, 0.4) is 0 Å². The average molecular weight is 199 g/mol. The summed E-state index contributed by atoms with van der Waals surface area (Å²) in [6.45, 7) is 0. The van der Waals surface area contributed by atoms with Gasteiger partial charge in [0.15, 0.2) is 0 Å². The van der Waals surface area contributed by atoms with Crippen LogP contribution >= 0.6 is 15.9 Å². The van der Waals surface area contributed by atoms with E-state index < -0.39 is 0 Å². The summed E-state index contributed by atoms with van der Waals surface area (Å²) in [4.78, 5) is 0. The molecule has 0 nitrogen and oxygen atoms in total. The molecule has 1 unspecified atom stereocenters. The highest BCUT2D eigenvalue weighted by Gasteiger charge is 2.29. The van der Waals surface area contributed by atoms with E-state index in [0.717, 1.165) is 11.8 Å². The lowest BCUT2D eigenvalue weighted by atomic mass is 9.96. The van der Waals surface area contributed by atoms with Gasteiger partial charge in [-0.15, -0.1) is 0 Å². The molecule has 0 aromatic carbocycles. The molecule has 0 radical (unpaired) electrons. The Balaban J connectivity index is 2.05. The molecular weight excluding hydrogens is 188 g/mol. The molecule has 1 fully saturated rings. The van der Waals surface area contributed by atoms with E-state index in [4.69, 9.17) is 0 Å². The lowest BCUT2D eigenvalue weighted by Gasteiger charge is -2.12. The van der Waals surface area contributed by atoms with Gasteiger partial charge in [-0.1, -0.05) is 34.2 Å². The van der Waals surface area contributed by atoms with Gasteiger partial charge in [-0.05, 0) is 31.1 Å². The molecule has 0 amide bonds. The Labute approximate surface area is 70.1 Å². The van der Waals surface area contributed by atoms with E-state index in [1.807, 2.05) is 0 Å². The van der Waals surface area contributed by atoms with Crippen molar-refractivity contribution in [2.75, 3.05) is 0 Å². The minimum absolute atomic E-state index is 0.847. The van der Waals surface area contributed by atoms with E-state index in [2.05, 4.69) is 34.2 Å². The fourth-order valence-electron chi connectivity index (χ4n) is 1.52. The van der Waals surface area contributed by atoms with Crippen LogP contribution in [0.25, 0.3) is 0 Å². The van der Waals surface area contributed by atoms with Crippen LogP contribution in [0.4, 0.5) is 0 Å². The lowest BCUT2D eigenvalue weighted by molar-refractivity contribution is 0.572. The van der Waals surface area contributed by atoms with Crippen molar-refractivity contribution in [3.05, 3.63) is 22.7 Å². The number of hydrogen-bond donors (Lipinski definition) is 0. The van der Waals surface area contributed by atoms with Crippen molar-refractivity contribution in [1.82, 2.24) is 0 Å². The van der Waals surface area contributed by atoms with Crippen molar-refractivity contribution in [2.45, 2.75) is 19.3 Å². The van der Waals surface area contributed by atoms with Crippen molar-refractivity contribution in [3.8, 4) is 0 Å². The van der Waals surface area contributed by atoms with E-state index in [1.54, 1.807) is 0 Å². The molecule has 2 rings (SSSR count). The number of allylic oxidation sites excluding steroid dienone is 4. The topological polar surface area (TPSA) is 0 Å². The maximum Gasteiger partial charge on any atom is 0.0135 e. The molecule has 0 spiro atoms. The molecule has 0 bridgehead atoms. The Morgan fingerprint density at radius 2 is 2.20 bits per heavy atom. The predicted octanol–water partition coefficient (Wildman–Crippen LogP) is 3.25. The van der Waals surface area contributed by atoms with Gasteiger partial charge >= 0.3 is 0 Å². The Hall–Kier alpha value is -0.0400. The van der Waals surface area contributed by atoms with Crippen LogP contribution in [-0.2, 0) is 0 Å². The highest BCUT2D eigenvalue weighted by atomic mass is 79.9. The van der Waals surface area contributed by atoms with Gasteiger partial charge in [0.05, 0.1) is 0 Å². The fourth-order valence-corrected chi connectivity index (χ4v) is 2.05. The summed E-state index contributed by atoms with van der Waals surface area (Å²) in [5, 5.41) is 0. The number of rotatable bonds is 1. The molecule has 0 aromatic heterocycles. The SMILES string of the molecule is BrC1=CC(C2CC2)CC=C1. The van der Waals surface area contributed by atoms with E-state index in [9.17, 15) is 0 Å². The summed E-state index contributed by atoms with van der Waals surface area (Å²) in [6, 6.07) is 0. The summed E-state index contributed by atoms with van der Waals surface area (Å²) in [7, 11) is 0. The van der Waals surface area contributed by atoms with Crippen LogP contribution in [0.15, 0.2) is 22.7 Å². The molecular formula is C9H11Br. The zero-order valence-corrected chi connectivity index (χ0v) is 7.47. The zero-order valence-electron chi connectivity index (χ0n) is 5.89. The summed E-state index contributed by atoms with van der Waals surface area (Å²) >= 11 is 3.50. The molecule has 0 saturated heterocycles. The Bertz CT molecular complexity index is 187. The molecule has 2 aliphatic rings. The van der Waals surface area contributed by atoms with Crippen LogP contribution < -0.4 is 0 Å². The Morgan fingerprint density at radius 3 is 2.80 bits per heavy atom. The van der Waals surface area contributed by atoms with Crippen LogP contribution in [-0.4, -0.2) is 0 Å². The number of halogens is 1. The second kappa shape index (κ2) is 2.54. The smallest absolute Gasteiger partial charge is 0.0135 e. The first-order valence-electron chi connectivity index (χ1n) is 3.90. The van der Waals surface area contributed by atoms with Crippen molar-refractivity contribution in [1.29, 1.82) is 0 Å². The monoisotopic (exact) mass is 198 g/mol. The Morgan fingerprint density at radius 1 is 1.40 bits per heavy atom. The zero-order chi connectivity index (χ0) is 6.97. The van der Waals surface area contributed by atoms with Gasteiger partial charge in [0.2, 0.25) is 0 Å². The minimum Gasteiger partial charge on any atom is -0.0828 e.